The standard InChI is InChI=1S/C19H16Cl2N2O4/c1-11(16-6-5-14(20)9-17(16)21)23-18(24)12(2)27-19(25)13(10-22)8-15-4-3-7-26-15/h3-9,11-12H,1-2H3,(H,23,24)/b13-8+/t11-,12-/m0/s1. The lowest BCUT2D eigenvalue weighted by molar-refractivity contribution is -0.151. The SMILES string of the molecule is C[C@H](OC(=O)/C(C#N)=C/c1ccco1)C(=O)N[C@@H](C)c1ccc(Cl)cc1Cl. The predicted octanol–water partition coefficient (Wildman–Crippen LogP) is 4.30. The molecule has 140 valence electrons. The molecule has 2 rings (SSSR count). The number of esters is 1. The van der Waals surface area contributed by atoms with Crippen LogP contribution in [0.4, 0.5) is 0 Å². The van der Waals surface area contributed by atoms with Gasteiger partial charge in [0.25, 0.3) is 5.91 Å². The zero-order chi connectivity index (χ0) is 20.0. The van der Waals surface area contributed by atoms with E-state index >= 15 is 0 Å². The summed E-state index contributed by atoms with van der Waals surface area (Å²) in [5.41, 5.74) is 0.391. The normalized spacial score (nSPS) is 13.4. The van der Waals surface area contributed by atoms with Crippen molar-refractivity contribution in [2.24, 2.45) is 0 Å². The number of nitrogens with one attached hydrogen (secondary N) is 1. The second-order valence-electron chi connectivity index (χ2n) is 5.63. The van der Waals surface area contributed by atoms with Gasteiger partial charge in [0.05, 0.1) is 12.3 Å². The molecule has 0 radical (unpaired) electrons. The summed E-state index contributed by atoms with van der Waals surface area (Å²) in [6, 6.07) is 9.43. The van der Waals surface area contributed by atoms with E-state index in [0.717, 1.165) is 0 Å². The Labute approximate surface area is 166 Å². The Balaban J connectivity index is 2.00. The van der Waals surface area contributed by atoms with Crippen LogP contribution in [-0.2, 0) is 14.3 Å². The number of hydrogen-bond acceptors (Lipinski definition) is 5. The van der Waals surface area contributed by atoms with E-state index in [1.165, 1.54) is 19.3 Å². The topological polar surface area (TPSA) is 92.3 Å². The van der Waals surface area contributed by atoms with Crippen molar-refractivity contribution in [3.05, 3.63) is 63.5 Å². The Hall–Kier alpha value is -2.75. The van der Waals surface area contributed by atoms with Gasteiger partial charge in [0.1, 0.15) is 17.4 Å². The van der Waals surface area contributed by atoms with Gasteiger partial charge in [0.2, 0.25) is 0 Å². The van der Waals surface area contributed by atoms with Gasteiger partial charge in [-0.2, -0.15) is 5.26 Å². The summed E-state index contributed by atoms with van der Waals surface area (Å²) in [4.78, 5) is 24.4. The highest BCUT2D eigenvalue weighted by molar-refractivity contribution is 6.35. The van der Waals surface area contributed by atoms with Crippen LogP contribution in [0, 0.1) is 11.3 Å². The predicted molar refractivity (Wildman–Crippen MR) is 101 cm³/mol. The number of furan rings is 1. The molecule has 0 saturated heterocycles. The molecule has 0 aliphatic heterocycles. The number of ether oxygens (including phenoxy) is 1. The highest BCUT2D eigenvalue weighted by Crippen LogP contribution is 2.26. The van der Waals surface area contributed by atoms with Gasteiger partial charge in [-0.1, -0.05) is 29.3 Å². The number of carbonyl (C=O) groups is 2. The molecule has 0 saturated carbocycles. The molecule has 8 heteroatoms. The van der Waals surface area contributed by atoms with Gasteiger partial charge in [0.15, 0.2) is 6.10 Å². The molecule has 0 unspecified atom stereocenters. The first-order valence-corrected chi connectivity index (χ1v) is 8.69. The summed E-state index contributed by atoms with van der Waals surface area (Å²) in [5.74, 6) is -1.13. The van der Waals surface area contributed by atoms with E-state index in [1.807, 2.05) is 0 Å². The third-order valence-corrected chi connectivity index (χ3v) is 4.17. The van der Waals surface area contributed by atoms with Gasteiger partial charge in [-0.05, 0) is 43.7 Å². The van der Waals surface area contributed by atoms with E-state index in [9.17, 15) is 9.59 Å². The quantitative estimate of drug-likeness (QED) is 0.438. The first kappa shape index (κ1) is 20.6. The maximum atomic E-state index is 12.3. The van der Waals surface area contributed by atoms with Crippen molar-refractivity contribution < 1.29 is 18.7 Å². The molecule has 0 aliphatic carbocycles. The van der Waals surface area contributed by atoms with E-state index in [2.05, 4.69) is 5.32 Å². The Kier molecular flexibility index (Phi) is 7.05. The number of rotatable bonds is 6. The molecule has 1 amide bonds. The summed E-state index contributed by atoms with van der Waals surface area (Å²) in [7, 11) is 0. The number of carbonyl (C=O) groups excluding carboxylic acids is 2. The fourth-order valence-corrected chi connectivity index (χ4v) is 2.76. The highest BCUT2D eigenvalue weighted by atomic mass is 35.5. The van der Waals surface area contributed by atoms with Crippen LogP contribution in [0.2, 0.25) is 10.0 Å². The zero-order valence-electron chi connectivity index (χ0n) is 14.5. The lowest BCUT2D eigenvalue weighted by Crippen LogP contribution is -2.37. The number of hydrogen-bond donors (Lipinski definition) is 1. The van der Waals surface area contributed by atoms with E-state index in [-0.39, 0.29) is 5.57 Å². The molecule has 0 bridgehead atoms. The number of nitrogens with zero attached hydrogens (tertiary/aromatic N) is 1. The lowest BCUT2D eigenvalue weighted by Gasteiger charge is -2.19. The van der Waals surface area contributed by atoms with Crippen molar-refractivity contribution in [2.75, 3.05) is 0 Å². The smallest absolute Gasteiger partial charge is 0.349 e. The first-order chi connectivity index (χ1) is 12.8. The van der Waals surface area contributed by atoms with Gasteiger partial charge >= 0.3 is 5.97 Å². The monoisotopic (exact) mass is 406 g/mol. The van der Waals surface area contributed by atoms with Crippen molar-refractivity contribution in [2.45, 2.75) is 26.0 Å². The van der Waals surface area contributed by atoms with E-state index in [4.69, 9.17) is 37.6 Å². The average molecular weight is 407 g/mol. The van der Waals surface area contributed by atoms with E-state index < -0.39 is 24.0 Å². The summed E-state index contributed by atoms with van der Waals surface area (Å²) in [5, 5.41) is 12.7. The molecule has 2 aromatic rings. The number of amides is 1. The Morgan fingerprint density at radius 1 is 1.30 bits per heavy atom. The highest BCUT2D eigenvalue weighted by Gasteiger charge is 2.23. The third-order valence-electron chi connectivity index (χ3n) is 3.61. The van der Waals surface area contributed by atoms with E-state index in [1.54, 1.807) is 43.3 Å². The van der Waals surface area contributed by atoms with Gasteiger partial charge in [0, 0.05) is 16.1 Å². The fraction of sp³-hybridized carbons (Fsp3) is 0.211. The summed E-state index contributed by atoms with van der Waals surface area (Å²) in [6.45, 7) is 3.14. The molecule has 1 N–H and O–H groups in total. The maximum absolute atomic E-state index is 12.3. The number of benzene rings is 1. The Morgan fingerprint density at radius 3 is 2.63 bits per heavy atom. The second-order valence-corrected chi connectivity index (χ2v) is 6.47. The molecule has 2 atom stereocenters. The minimum atomic E-state index is -1.11. The van der Waals surface area contributed by atoms with Gasteiger partial charge in [-0.3, -0.25) is 4.79 Å². The minimum absolute atomic E-state index is 0.279. The molecular weight excluding hydrogens is 391 g/mol. The maximum Gasteiger partial charge on any atom is 0.349 e. The van der Waals surface area contributed by atoms with Crippen molar-refractivity contribution in [3.63, 3.8) is 0 Å². The van der Waals surface area contributed by atoms with Crippen molar-refractivity contribution in [3.8, 4) is 6.07 Å². The van der Waals surface area contributed by atoms with Gasteiger partial charge in [-0.25, -0.2) is 4.79 Å². The van der Waals surface area contributed by atoms with E-state index in [0.29, 0.717) is 21.4 Å². The summed E-state index contributed by atoms with van der Waals surface area (Å²) in [6.07, 6.45) is 1.54. The number of halogens is 2. The van der Waals surface area contributed by atoms with Crippen molar-refractivity contribution in [1.29, 1.82) is 5.26 Å². The summed E-state index contributed by atoms with van der Waals surface area (Å²) >= 11 is 12.0. The van der Waals surface area contributed by atoms with Crippen LogP contribution in [0.1, 0.15) is 31.2 Å². The second kappa shape index (κ2) is 9.26. The molecule has 1 aromatic carbocycles. The fourth-order valence-electron chi connectivity index (χ4n) is 2.19. The van der Waals surface area contributed by atoms with Crippen LogP contribution in [0.5, 0.6) is 0 Å². The molecule has 0 spiro atoms. The van der Waals surface area contributed by atoms with Gasteiger partial charge in [-0.15, -0.1) is 0 Å². The van der Waals surface area contributed by atoms with Crippen LogP contribution in [-0.4, -0.2) is 18.0 Å². The molecule has 1 heterocycles. The molecule has 0 fully saturated rings. The van der Waals surface area contributed by atoms with Crippen molar-refractivity contribution >= 4 is 41.2 Å². The average Bonchev–Trinajstić information content (AvgIpc) is 3.12. The Morgan fingerprint density at radius 2 is 2.04 bits per heavy atom. The van der Waals surface area contributed by atoms with Crippen LogP contribution < -0.4 is 5.32 Å². The summed E-state index contributed by atoms with van der Waals surface area (Å²) < 4.78 is 10.1. The van der Waals surface area contributed by atoms with Crippen LogP contribution in [0.3, 0.4) is 0 Å². The first-order valence-electron chi connectivity index (χ1n) is 7.93. The molecule has 27 heavy (non-hydrogen) atoms. The van der Waals surface area contributed by atoms with Crippen LogP contribution in [0.25, 0.3) is 6.08 Å². The third kappa shape index (κ3) is 5.61. The molecule has 0 aliphatic rings. The number of nitriles is 1. The lowest BCUT2D eigenvalue weighted by atomic mass is 10.1. The molecule has 1 aromatic heterocycles. The van der Waals surface area contributed by atoms with Crippen molar-refractivity contribution in [1.82, 2.24) is 5.32 Å². The van der Waals surface area contributed by atoms with Crippen LogP contribution >= 0.6 is 23.2 Å². The minimum Gasteiger partial charge on any atom is -0.465 e. The zero-order valence-corrected chi connectivity index (χ0v) is 16.0. The molecular formula is C19H16Cl2N2O4. The molecule has 6 nitrogen and oxygen atoms in total. The van der Waals surface area contributed by atoms with Crippen LogP contribution in [0.15, 0.2) is 46.6 Å². The Bertz CT molecular complexity index is 901. The van der Waals surface area contributed by atoms with Gasteiger partial charge < -0.3 is 14.5 Å². The largest absolute Gasteiger partial charge is 0.465 e.